The van der Waals surface area contributed by atoms with Crippen molar-refractivity contribution in [2.45, 2.75) is 0 Å². The number of nitrogens with two attached hydrogens (primary N) is 1. The number of rotatable bonds is 3. The van der Waals surface area contributed by atoms with Crippen molar-refractivity contribution in [1.82, 2.24) is 5.43 Å². The van der Waals surface area contributed by atoms with E-state index in [0.29, 0.717) is 0 Å². The molecule has 0 aliphatic rings. The SMILES string of the molecule is NNC(=O)c1ccc(OCF)c(F)c1. The lowest BCUT2D eigenvalue weighted by Gasteiger charge is -2.04. The van der Waals surface area contributed by atoms with Gasteiger partial charge in [0, 0.05) is 5.56 Å². The van der Waals surface area contributed by atoms with E-state index in [4.69, 9.17) is 5.84 Å². The third-order valence-electron chi connectivity index (χ3n) is 1.54. The van der Waals surface area contributed by atoms with Crippen LogP contribution in [0.4, 0.5) is 8.78 Å². The van der Waals surface area contributed by atoms with E-state index in [9.17, 15) is 13.6 Å². The molecule has 1 aromatic rings. The summed E-state index contributed by atoms with van der Waals surface area (Å²) in [7, 11) is 0. The van der Waals surface area contributed by atoms with Crippen molar-refractivity contribution in [3.05, 3.63) is 29.6 Å². The quantitative estimate of drug-likeness (QED) is 0.431. The van der Waals surface area contributed by atoms with Crippen molar-refractivity contribution < 1.29 is 18.3 Å². The molecule has 1 rings (SSSR count). The number of carbonyl (C=O) groups excluding carboxylic acids is 1. The highest BCUT2D eigenvalue weighted by molar-refractivity contribution is 5.93. The molecule has 0 spiro atoms. The number of benzene rings is 1. The molecule has 0 unspecified atom stereocenters. The molecule has 1 amide bonds. The van der Waals surface area contributed by atoms with Crippen molar-refractivity contribution in [1.29, 1.82) is 0 Å². The zero-order chi connectivity index (χ0) is 10.6. The van der Waals surface area contributed by atoms with Crippen molar-refractivity contribution in [3.63, 3.8) is 0 Å². The number of hydrogen-bond acceptors (Lipinski definition) is 3. The monoisotopic (exact) mass is 202 g/mol. The van der Waals surface area contributed by atoms with Crippen LogP contribution in [-0.2, 0) is 0 Å². The maximum absolute atomic E-state index is 13.0. The zero-order valence-corrected chi connectivity index (χ0v) is 7.09. The van der Waals surface area contributed by atoms with E-state index in [1.165, 1.54) is 6.07 Å². The summed E-state index contributed by atoms with van der Waals surface area (Å²) in [6, 6.07) is 3.34. The molecule has 0 saturated carbocycles. The van der Waals surface area contributed by atoms with Crippen molar-refractivity contribution in [2.75, 3.05) is 6.86 Å². The minimum absolute atomic E-state index is 0.0382. The molecule has 0 bridgehead atoms. The molecule has 0 saturated heterocycles. The highest BCUT2D eigenvalue weighted by Crippen LogP contribution is 2.18. The average molecular weight is 202 g/mol. The van der Waals surface area contributed by atoms with Crippen molar-refractivity contribution >= 4 is 5.91 Å². The molecule has 0 aliphatic heterocycles. The van der Waals surface area contributed by atoms with Crippen molar-refractivity contribution in [3.8, 4) is 5.75 Å². The Morgan fingerprint density at radius 3 is 2.79 bits per heavy atom. The molecule has 0 heterocycles. The van der Waals surface area contributed by atoms with Crippen LogP contribution in [0.1, 0.15) is 10.4 Å². The Hall–Kier alpha value is -1.69. The lowest BCUT2D eigenvalue weighted by Crippen LogP contribution is -2.30. The number of hydrogen-bond donors (Lipinski definition) is 2. The maximum Gasteiger partial charge on any atom is 0.265 e. The summed E-state index contributed by atoms with van der Waals surface area (Å²) in [5.74, 6) is 3.14. The number of ether oxygens (including phenoxy) is 1. The minimum atomic E-state index is -1.13. The number of nitrogens with one attached hydrogen (secondary N) is 1. The van der Waals surface area contributed by atoms with E-state index >= 15 is 0 Å². The number of hydrazine groups is 1. The normalized spacial score (nSPS) is 9.64. The number of halogens is 2. The first-order chi connectivity index (χ1) is 6.69. The average Bonchev–Trinajstić information content (AvgIpc) is 2.20. The fraction of sp³-hybridized carbons (Fsp3) is 0.125. The molecular formula is C8H8F2N2O2. The Balaban J connectivity index is 2.94. The fourth-order valence-electron chi connectivity index (χ4n) is 0.901. The smallest absolute Gasteiger partial charge is 0.265 e. The molecule has 6 heteroatoms. The third kappa shape index (κ3) is 2.17. The van der Waals surface area contributed by atoms with Crippen LogP contribution in [0, 0.1) is 5.82 Å². The van der Waals surface area contributed by atoms with Gasteiger partial charge in [-0.25, -0.2) is 14.6 Å². The molecule has 4 nitrogen and oxygen atoms in total. The van der Waals surface area contributed by atoms with E-state index in [-0.39, 0.29) is 11.3 Å². The first kappa shape index (κ1) is 10.4. The summed E-state index contributed by atoms with van der Waals surface area (Å²) >= 11 is 0. The van der Waals surface area contributed by atoms with Crippen LogP contribution < -0.4 is 16.0 Å². The highest BCUT2D eigenvalue weighted by atomic mass is 19.1. The van der Waals surface area contributed by atoms with E-state index in [2.05, 4.69) is 4.74 Å². The summed E-state index contributed by atoms with van der Waals surface area (Å²) < 4.78 is 29.0. The van der Waals surface area contributed by atoms with Crippen LogP contribution >= 0.6 is 0 Å². The second kappa shape index (κ2) is 4.52. The van der Waals surface area contributed by atoms with E-state index < -0.39 is 18.6 Å². The van der Waals surface area contributed by atoms with Gasteiger partial charge in [0.1, 0.15) is 0 Å². The van der Waals surface area contributed by atoms with Crippen LogP contribution in [0.5, 0.6) is 5.75 Å². The van der Waals surface area contributed by atoms with Crippen LogP contribution in [-0.4, -0.2) is 12.8 Å². The Morgan fingerprint density at radius 1 is 1.57 bits per heavy atom. The summed E-state index contributed by atoms with van der Waals surface area (Å²) in [5, 5.41) is 0. The van der Waals surface area contributed by atoms with Gasteiger partial charge < -0.3 is 4.74 Å². The van der Waals surface area contributed by atoms with Crippen LogP contribution in [0.3, 0.4) is 0 Å². The Kier molecular flexibility index (Phi) is 3.35. The molecule has 14 heavy (non-hydrogen) atoms. The van der Waals surface area contributed by atoms with Gasteiger partial charge in [0.05, 0.1) is 0 Å². The second-order valence-electron chi connectivity index (χ2n) is 2.37. The Labute approximate surface area is 78.6 Å². The standard InChI is InChI=1S/C8H8F2N2O2/c9-4-14-7-2-1-5(3-6(7)10)8(13)12-11/h1-3H,4,11H2,(H,12,13). The predicted molar refractivity (Wildman–Crippen MR) is 44.7 cm³/mol. The third-order valence-corrected chi connectivity index (χ3v) is 1.54. The number of nitrogen functional groups attached to an aromatic ring is 1. The Bertz CT molecular complexity index is 344. The first-order valence-corrected chi connectivity index (χ1v) is 3.68. The number of alkyl halides is 1. The van der Waals surface area contributed by atoms with Gasteiger partial charge in [0.15, 0.2) is 11.6 Å². The Morgan fingerprint density at radius 2 is 2.29 bits per heavy atom. The lowest BCUT2D eigenvalue weighted by molar-refractivity contribution is 0.0953. The summed E-state index contributed by atoms with van der Waals surface area (Å²) in [6.45, 7) is -1.13. The molecule has 0 aliphatic carbocycles. The van der Waals surface area contributed by atoms with Gasteiger partial charge in [-0.2, -0.15) is 0 Å². The van der Waals surface area contributed by atoms with E-state index in [1.54, 1.807) is 0 Å². The minimum Gasteiger partial charge on any atom is -0.460 e. The molecule has 0 aromatic heterocycles. The molecule has 0 atom stereocenters. The summed E-state index contributed by atoms with van der Waals surface area (Å²) in [4.78, 5) is 10.9. The van der Waals surface area contributed by atoms with Gasteiger partial charge in [-0.05, 0) is 18.2 Å². The highest BCUT2D eigenvalue weighted by Gasteiger charge is 2.08. The van der Waals surface area contributed by atoms with Crippen LogP contribution in [0.2, 0.25) is 0 Å². The van der Waals surface area contributed by atoms with E-state index in [1.807, 2.05) is 5.43 Å². The van der Waals surface area contributed by atoms with Gasteiger partial charge in [0.25, 0.3) is 5.91 Å². The predicted octanol–water partition coefficient (Wildman–Crippen LogP) is 0.735. The largest absolute Gasteiger partial charge is 0.460 e. The zero-order valence-electron chi connectivity index (χ0n) is 7.09. The molecule has 0 radical (unpaired) electrons. The van der Waals surface area contributed by atoms with Gasteiger partial charge in [0.2, 0.25) is 6.86 Å². The molecule has 76 valence electrons. The maximum atomic E-state index is 13.0. The summed E-state index contributed by atoms with van der Waals surface area (Å²) in [5.41, 5.74) is 1.88. The number of amides is 1. The van der Waals surface area contributed by atoms with Crippen molar-refractivity contribution in [2.24, 2.45) is 5.84 Å². The molecule has 0 fully saturated rings. The molecule has 1 aromatic carbocycles. The molecule has 3 N–H and O–H groups in total. The second-order valence-corrected chi connectivity index (χ2v) is 2.37. The lowest BCUT2D eigenvalue weighted by atomic mass is 10.2. The number of carbonyl (C=O) groups is 1. The van der Waals surface area contributed by atoms with Gasteiger partial charge >= 0.3 is 0 Å². The first-order valence-electron chi connectivity index (χ1n) is 3.68. The van der Waals surface area contributed by atoms with Gasteiger partial charge in [-0.3, -0.25) is 10.2 Å². The van der Waals surface area contributed by atoms with Gasteiger partial charge in [-0.1, -0.05) is 0 Å². The summed E-state index contributed by atoms with van der Waals surface area (Å²) in [6.07, 6.45) is 0. The van der Waals surface area contributed by atoms with Gasteiger partial charge in [-0.15, -0.1) is 0 Å². The van der Waals surface area contributed by atoms with Crippen LogP contribution in [0.15, 0.2) is 18.2 Å². The van der Waals surface area contributed by atoms with Crippen LogP contribution in [0.25, 0.3) is 0 Å². The fourth-order valence-corrected chi connectivity index (χ4v) is 0.901. The van der Waals surface area contributed by atoms with E-state index in [0.717, 1.165) is 12.1 Å². The topological polar surface area (TPSA) is 64.3 Å². The molecular weight excluding hydrogens is 194 g/mol.